The van der Waals surface area contributed by atoms with E-state index < -0.39 is 57.1 Å². The van der Waals surface area contributed by atoms with E-state index in [4.69, 9.17) is 62.1 Å². The van der Waals surface area contributed by atoms with Crippen LogP contribution in [0.4, 0.5) is 0 Å². The largest absolute Gasteiger partial charge is 1.00 e. The summed E-state index contributed by atoms with van der Waals surface area (Å²) < 4.78 is 0. The van der Waals surface area contributed by atoms with Crippen molar-refractivity contribution in [2.45, 2.75) is 84.5 Å². The van der Waals surface area contributed by atoms with Crippen molar-refractivity contribution in [2.75, 3.05) is 37.0 Å². The second kappa shape index (κ2) is 55.2. The minimum absolute atomic E-state index is 0. The van der Waals surface area contributed by atoms with Gasteiger partial charge in [0.15, 0.2) is 11.6 Å². The third-order valence-electron chi connectivity index (χ3n) is 9.88. The SMILES string of the molecule is Cc1ccc(C(=O)CCBr)cc1.Cc1ccc(C(=O)CC[N+](=O)[O-])cc1.Cc1ccc(C(O)CC(CO)(CO)[N+](=O)[O-])cc1.Cc1ccc(C(O)CC[N+](=O)[O-])cc1.Cc1ccccc1.O=C(Cl)CCBr.O=N[O-].[B].[Cl][Al]([Cl])[Cl].[H-].[HH].[Na+].[Na+]. The van der Waals surface area contributed by atoms with Gasteiger partial charge in [0.25, 0.3) is 5.54 Å². The summed E-state index contributed by atoms with van der Waals surface area (Å²) in [5, 5.41) is 78.8. The Morgan fingerprint density at radius 1 is 0.605 bits per heavy atom. The van der Waals surface area contributed by atoms with Crippen LogP contribution in [0.1, 0.15) is 107 Å². The first-order chi connectivity index (χ1) is 36.7. The molecule has 0 aliphatic carbocycles. The summed E-state index contributed by atoms with van der Waals surface area (Å²) in [5.74, 6) is 0.0218. The first kappa shape index (κ1) is 89.5. The number of hydrogen-bond donors (Lipinski definition) is 4. The molecule has 0 aromatic heterocycles. The van der Waals surface area contributed by atoms with Gasteiger partial charge in [-0.3, -0.25) is 44.7 Å². The fraction of sp³-hybridized carbons (Fsp3) is 0.365. The Kier molecular flexibility index (Phi) is 60.9. The van der Waals surface area contributed by atoms with Crippen LogP contribution in [0, 0.1) is 75.1 Å². The summed E-state index contributed by atoms with van der Waals surface area (Å²) in [6.45, 7) is 7.72. The third-order valence-corrected chi connectivity index (χ3v) is 10.9. The molecule has 0 bridgehead atoms. The smallest absolute Gasteiger partial charge is 1.00 e. The number of Topliss-reactive ketones (excluding diaryl/α,β-unsaturated/α-hetero) is 2. The molecular weight excluding hydrogens is 1310 g/mol. The normalized spacial score (nSPS) is 10.1. The molecule has 0 amide bonds. The number of carbonyl (C=O) groups is 3. The van der Waals surface area contributed by atoms with Crippen LogP contribution in [-0.2, 0) is 4.79 Å². The molecule has 19 nitrogen and oxygen atoms in total. The molecule has 29 heteroatoms. The van der Waals surface area contributed by atoms with E-state index in [1.807, 2.05) is 94.4 Å². The van der Waals surface area contributed by atoms with E-state index in [0.29, 0.717) is 29.3 Å². The number of benzene rings is 5. The maximum Gasteiger partial charge on any atom is 1.00 e. The molecule has 0 saturated carbocycles. The fourth-order valence-electron chi connectivity index (χ4n) is 5.47. The van der Waals surface area contributed by atoms with Crippen LogP contribution in [0.2, 0.25) is 0 Å². The van der Waals surface area contributed by atoms with Gasteiger partial charge in [-0.2, -0.15) is 0 Å². The number of hydrogen-bond acceptors (Lipinski definition) is 16. The van der Waals surface area contributed by atoms with Crippen LogP contribution in [0.25, 0.3) is 0 Å². The number of aliphatic hydroxyl groups excluding tert-OH is 4. The van der Waals surface area contributed by atoms with E-state index in [1.165, 1.54) is 11.1 Å². The number of aryl methyl sites for hydroxylation is 5. The van der Waals surface area contributed by atoms with Crippen LogP contribution < -0.4 is 59.1 Å². The monoisotopic (exact) mass is 1370 g/mol. The van der Waals surface area contributed by atoms with Gasteiger partial charge in [-0.1, -0.05) is 187 Å². The Hall–Kier alpha value is -2.73. The van der Waals surface area contributed by atoms with Crippen molar-refractivity contribution >= 4 is 110 Å². The topological polar surface area (TPSA) is 314 Å². The van der Waals surface area contributed by atoms with Gasteiger partial charge in [0.05, 0.1) is 25.0 Å². The average molecular weight is 1370 g/mol. The molecule has 0 saturated heterocycles. The van der Waals surface area contributed by atoms with E-state index >= 15 is 0 Å². The maximum absolute atomic E-state index is 11.4. The fourth-order valence-corrected chi connectivity index (χ4v) is 6.52. The molecule has 0 fully saturated rings. The van der Waals surface area contributed by atoms with E-state index in [2.05, 4.69) is 50.9 Å². The number of nitro groups is 3. The molecule has 2 atom stereocenters. The predicted octanol–water partition coefficient (Wildman–Crippen LogP) is 6.38. The summed E-state index contributed by atoms with van der Waals surface area (Å²) in [4.78, 5) is 69.8. The van der Waals surface area contributed by atoms with E-state index in [-0.39, 0.29) is 120 Å². The van der Waals surface area contributed by atoms with Crippen molar-refractivity contribution in [3.63, 3.8) is 0 Å². The Bertz CT molecular complexity index is 2490. The molecular formula is C52H67AlBBr2Cl4N4Na2O15. The zero-order chi connectivity index (χ0) is 60.2. The standard InChI is InChI=1S/C12H17NO5.C10H11BrO.C10H13NO3.C10H11NO3.C7H8.C3H4BrClO.Al.B.3ClH.HNO2.2Na.H2.H/c1-9-2-4-10(5-3-9)11(16)6-12(7-14,8-15)13(17)18;1-8-2-4-9(5-3-8)10(12)6-7-11;2*1-8-2-4-9(5-3-8)10(12)6-7-11(13)14;1-7-5-3-2-4-6-7;4-2-1-3(5)6;;;;;;2-1-3;;;;/h2-5,11,14-16H,6-8H2,1H3;2-5H,6-7H2,1H3;2-5,10,12H,6-7H2,1H3;2-5H,6-7H2,1H3;2-6H,1H3;1-2H2;;;3*1H;(H,2,3);;;1H;/q;;;;;;+3;;;;;;2*+1;;-1/p-4. The molecule has 0 aliphatic heterocycles. The number of nitrogens with zero attached hydrogens (tertiary/aromatic N) is 4. The molecule has 2 unspecified atom stereocenters. The molecule has 81 heavy (non-hydrogen) atoms. The average Bonchev–Trinajstić information content (AvgIpc) is 3.38. The van der Waals surface area contributed by atoms with Gasteiger partial charge in [-0.15, -0.1) is 5.34 Å². The number of alkyl halides is 2. The first-order valence-corrected chi connectivity index (χ1v) is 31.0. The van der Waals surface area contributed by atoms with Gasteiger partial charge >= 0.3 is 70.5 Å². The van der Waals surface area contributed by atoms with Crippen LogP contribution in [0.15, 0.2) is 133 Å². The Labute approximate surface area is 560 Å². The second-order valence-corrected chi connectivity index (χ2v) is 24.7. The number of aliphatic hydroxyl groups is 4. The first-order valence-electron chi connectivity index (χ1n) is 23.2. The summed E-state index contributed by atoms with van der Waals surface area (Å²) in [6.07, 6.45) is -1.05. The van der Waals surface area contributed by atoms with Crippen LogP contribution in [-0.4, -0.2) is 114 Å². The zero-order valence-corrected chi connectivity index (χ0v) is 57.4. The van der Waals surface area contributed by atoms with E-state index in [1.54, 1.807) is 48.5 Å². The summed E-state index contributed by atoms with van der Waals surface area (Å²) in [7, 11) is 14.8. The summed E-state index contributed by atoms with van der Waals surface area (Å²) in [5.41, 5.74) is 6.38. The van der Waals surface area contributed by atoms with Gasteiger partial charge in [0.1, 0.15) is 13.2 Å². The van der Waals surface area contributed by atoms with Gasteiger partial charge in [-0.05, 0) is 57.3 Å². The molecule has 0 aliphatic rings. The minimum Gasteiger partial charge on any atom is -1.00 e. The zero-order valence-electron chi connectivity index (χ0n) is 47.0. The van der Waals surface area contributed by atoms with Crippen LogP contribution in [0.3, 0.4) is 0 Å². The molecule has 5 aromatic carbocycles. The van der Waals surface area contributed by atoms with E-state index in [0.717, 1.165) is 38.5 Å². The molecule has 3 radical (unpaired) electrons. The third kappa shape index (κ3) is 49.3. The number of ketones is 2. The quantitative estimate of drug-likeness (QED) is 0.0133. The predicted molar refractivity (Wildman–Crippen MR) is 325 cm³/mol. The second-order valence-electron chi connectivity index (χ2n) is 16.3. The van der Waals surface area contributed by atoms with Crippen molar-refractivity contribution < 1.29 is 112 Å². The van der Waals surface area contributed by atoms with Crippen molar-refractivity contribution in [3.05, 3.63) is 218 Å². The summed E-state index contributed by atoms with van der Waals surface area (Å²) in [6, 6.07) is 39.2. The molecule has 0 heterocycles. The molecule has 435 valence electrons. The van der Waals surface area contributed by atoms with Gasteiger partial charge in [-0.25, -0.2) is 30.1 Å². The van der Waals surface area contributed by atoms with Crippen molar-refractivity contribution in [2.24, 2.45) is 5.34 Å². The molecule has 5 aromatic rings. The van der Waals surface area contributed by atoms with E-state index in [9.17, 15) is 54.9 Å². The van der Waals surface area contributed by atoms with Crippen LogP contribution >= 0.6 is 73.6 Å². The minimum atomic E-state index is -1.91. The number of rotatable bonds is 19. The van der Waals surface area contributed by atoms with Crippen molar-refractivity contribution in [1.29, 1.82) is 0 Å². The molecule has 4 N–H and O–H groups in total. The summed E-state index contributed by atoms with van der Waals surface area (Å²) >= 11 is 9.47. The maximum atomic E-state index is 11.4. The Balaban J connectivity index is -0.000000134. The van der Waals surface area contributed by atoms with Gasteiger partial charge < -0.3 is 32.0 Å². The van der Waals surface area contributed by atoms with Gasteiger partial charge in [0.2, 0.25) is 18.3 Å². The number of carbonyl (C=O) groups excluding carboxylic acids is 3. The Morgan fingerprint density at radius 3 is 1.17 bits per heavy atom. The number of halogens is 6. The van der Waals surface area contributed by atoms with Crippen LogP contribution in [0.5, 0.6) is 0 Å². The molecule has 0 spiro atoms. The van der Waals surface area contributed by atoms with Crippen molar-refractivity contribution in [3.8, 4) is 0 Å². The van der Waals surface area contributed by atoms with Gasteiger partial charge in [0, 0.05) is 65.7 Å². The molecule has 5 rings (SSSR count). The Morgan fingerprint density at radius 2 is 0.914 bits per heavy atom. The van der Waals surface area contributed by atoms with Crippen molar-refractivity contribution in [1.82, 2.24) is 0 Å².